The molecule has 0 aliphatic heterocycles. The third-order valence-corrected chi connectivity index (χ3v) is 3.13. The van der Waals surface area contributed by atoms with Gasteiger partial charge in [0.05, 0.1) is 10.7 Å². The number of hydrogen-bond acceptors (Lipinski definition) is 3. The first-order valence-electron chi connectivity index (χ1n) is 6.25. The largest absolute Gasteiger partial charge is 0.385 e. The Labute approximate surface area is 118 Å². The molecule has 5 heteroatoms. The molecule has 2 aromatic rings. The van der Waals surface area contributed by atoms with E-state index in [1.807, 2.05) is 35.9 Å². The Morgan fingerprint density at radius 2 is 2.26 bits per heavy atom. The van der Waals surface area contributed by atoms with Crippen LogP contribution in [0.15, 0.2) is 30.6 Å². The maximum absolute atomic E-state index is 6.25. The Morgan fingerprint density at radius 3 is 3.05 bits per heavy atom. The number of hydrogen-bond donors (Lipinski definition) is 1. The SMILES string of the molecule is COCCCNc1nccn1-c1cc(C)ccc1Cl. The molecule has 1 N–H and O–H groups in total. The van der Waals surface area contributed by atoms with Crippen molar-refractivity contribution in [3.63, 3.8) is 0 Å². The molecule has 102 valence electrons. The van der Waals surface area contributed by atoms with E-state index in [1.165, 1.54) is 5.56 Å². The molecule has 1 aromatic heterocycles. The van der Waals surface area contributed by atoms with Crippen molar-refractivity contribution in [2.45, 2.75) is 13.3 Å². The summed E-state index contributed by atoms with van der Waals surface area (Å²) < 4.78 is 6.98. The highest BCUT2D eigenvalue weighted by molar-refractivity contribution is 6.32. The van der Waals surface area contributed by atoms with Crippen molar-refractivity contribution < 1.29 is 4.74 Å². The first-order valence-corrected chi connectivity index (χ1v) is 6.63. The highest BCUT2D eigenvalue weighted by Gasteiger charge is 2.08. The van der Waals surface area contributed by atoms with Gasteiger partial charge in [-0.1, -0.05) is 17.7 Å². The van der Waals surface area contributed by atoms with E-state index in [9.17, 15) is 0 Å². The number of anilines is 1. The summed E-state index contributed by atoms with van der Waals surface area (Å²) in [6.07, 6.45) is 4.60. The van der Waals surface area contributed by atoms with Crippen LogP contribution in [0.5, 0.6) is 0 Å². The van der Waals surface area contributed by atoms with Crippen molar-refractivity contribution in [2.24, 2.45) is 0 Å². The fourth-order valence-corrected chi connectivity index (χ4v) is 2.06. The summed E-state index contributed by atoms with van der Waals surface area (Å²) in [5.41, 5.74) is 2.10. The Bertz CT molecular complexity index is 539. The van der Waals surface area contributed by atoms with Crippen molar-refractivity contribution in [3.05, 3.63) is 41.2 Å². The average molecular weight is 280 g/mol. The Hall–Kier alpha value is -1.52. The summed E-state index contributed by atoms with van der Waals surface area (Å²) >= 11 is 6.25. The monoisotopic (exact) mass is 279 g/mol. The van der Waals surface area contributed by atoms with Crippen molar-refractivity contribution in [1.82, 2.24) is 9.55 Å². The van der Waals surface area contributed by atoms with Crippen LogP contribution in [-0.2, 0) is 4.74 Å². The van der Waals surface area contributed by atoms with Gasteiger partial charge in [0.25, 0.3) is 0 Å². The molecule has 1 heterocycles. The van der Waals surface area contributed by atoms with Gasteiger partial charge >= 0.3 is 0 Å². The maximum Gasteiger partial charge on any atom is 0.207 e. The second kappa shape index (κ2) is 6.59. The summed E-state index contributed by atoms with van der Waals surface area (Å²) in [5.74, 6) is 0.795. The Morgan fingerprint density at radius 1 is 1.42 bits per heavy atom. The molecule has 0 saturated heterocycles. The second-order valence-electron chi connectivity index (χ2n) is 4.35. The van der Waals surface area contributed by atoms with E-state index in [1.54, 1.807) is 13.3 Å². The molecule has 0 spiro atoms. The van der Waals surface area contributed by atoms with Crippen molar-refractivity contribution in [3.8, 4) is 5.69 Å². The molecule has 0 bridgehead atoms. The molecule has 1 aromatic carbocycles. The van der Waals surface area contributed by atoms with E-state index >= 15 is 0 Å². The summed E-state index contributed by atoms with van der Waals surface area (Å²) in [4.78, 5) is 4.31. The number of ether oxygens (including phenoxy) is 1. The molecule has 0 radical (unpaired) electrons. The van der Waals surface area contributed by atoms with Crippen LogP contribution < -0.4 is 5.32 Å². The van der Waals surface area contributed by atoms with Gasteiger partial charge in [-0.25, -0.2) is 4.98 Å². The minimum atomic E-state index is 0.712. The number of rotatable bonds is 6. The fourth-order valence-electron chi connectivity index (χ4n) is 1.85. The van der Waals surface area contributed by atoms with Crippen LogP contribution in [0.1, 0.15) is 12.0 Å². The van der Waals surface area contributed by atoms with Gasteiger partial charge in [-0.3, -0.25) is 4.57 Å². The van der Waals surface area contributed by atoms with E-state index in [4.69, 9.17) is 16.3 Å². The molecule has 4 nitrogen and oxygen atoms in total. The van der Waals surface area contributed by atoms with Crippen LogP contribution in [0.2, 0.25) is 5.02 Å². The molecule has 0 unspecified atom stereocenters. The molecular formula is C14H18ClN3O. The summed E-state index contributed by atoms with van der Waals surface area (Å²) in [7, 11) is 1.70. The van der Waals surface area contributed by atoms with Gasteiger partial charge in [0, 0.05) is 32.7 Å². The zero-order valence-corrected chi connectivity index (χ0v) is 11.9. The quantitative estimate of drug-likeness (QED) is 0.825. The number of nitrogens with zero attached hydrogens (tertiary/aromatic N) is 2. The number of aromatic nitrogens is 2. The van der Waals surface area contributed by atoms with Crippen LogP contribution in [0.25, 0.3) is 5.69 Å². The highest BCUT2D eigenvalue weighted by atomic mass is 35.5. The second-order valence-corrected chi connectivity index (χ2v) is 4.76. The van der Waals surface area contributed by atoms with Gasteiger partial charge in [0.15, 0.2) is 0 Å². The van der Waals surface area contributed by atoms with Crippen molar-refractivity contribution >= 4 is 17.5 Å². The van der Waals surface area contributed by atoms with Crippen LogP contribution in [0.4, 0.5) is 5.95 Å². The van der Waals surface area contributed by atoms with Crippen molar-refractivity contribution in [1.29, 1.82) is 0 Å². The molecule has 2 rings (SSSR count). The number of methoxy groups -OCH3 is 1. The van der Waals surface area contributed by atoms with Crippen LogP contribution in [-0.4, -0.2) is 29.8 Å². The third-order valence-electron chi connectivity index (χ3n) is 2.81. The number of benzene rings is 1. The molecule has 0 aliphatic rings. The Balaban J connectivity index is 2.16. The van der Waals surface area contributed by atoms with Crippen molar-refractivity contribution in [2.75, 3.05) is 25.6 Å². The first-order chi connectivity index (χ1) is 9.22. The van der Waals surface area contributed by atoms with E-state index in [0.29, 0.717) is 5.02 Å². The lowest BCUT2D eigenvalue weighted by Crippen LogP contribution is -2.09. The first kappa shape index (κ1) is 13.9. The van der Waals surface area contributed by atoms with Crippen LogP contribution in [0, 0.1) is 6.92 Å². The van der Waals surface area contributed by atoms with E-state index in [0.717, 1.165) is 31.2 Å². The molecule has 0 amide bonds. The van der Waals surface area contributed by atoms with Gasteiger partial charge in [-0.2, -0.15) is 0 Å². The minimum Gasteiger partial charge on any atom is -0.385 e. The van der Waals surface area contributed by atoms with E-state index < -0.39 is 0 Å². The van der Waals surface area contributed by atoms with E-state index in [-0.39, 0.29) is 0 Å². The molecule has 19 heavy (non-hydrogen) atoms. The summed E-state index contributed by atoms with van der Waals surface area (Å²) in [5, 5.41) is 4.00. The summed E-state index contributed by atoms with van der Waals surface area (Å²) in [6, 6.07) is 5.94. The molecular weight excluding hydrogens is 262 g/mol. The molecule has 0 atom stereocenters. The zero-order valence-electron chi connectivity index (χ0n) is 11.2. The smallest absolute Gasteiger partial charge is 0.207 e. The van der Waals surface area contributed by atoms with Gasteiger partial charge in [0.2, 0.25) is 5.95 Å². The predicted octanol–water partition coefficient (Wildman–Crippen LogP) is 3.28. The minimum absolute atomic E-state index is 0.712. The van der Waals surface area contributed by atoms with E-state index in [2.05, 4.69) is 10.3 Å². The lowest BCUT2D eigenvalue weighted by molar-refractivity contribution is 0.197. The highest BCUT2D eigenvalue weighted by Crippen LogP contribution is 2.24. The maximum atomic E-state index is 6.25. The average Bonchev–Trinajstić information content (AvgIpc) is 2.86. The molecule has 0 fully saturated rings. The fraction of sp³-hybridized carbons (Fsp3) is 0.357. The Kier molecular flexibility index (Phi) is 4.82. The van der Waals surface area contributed by atoms with Crippen LogP contribution in [0.3, 0.4) is 0 Å². The van der Waals surface area contributed by atoms with Gasteiger partial charge in [-0.05, 0) is 31.0 Å². The standard InChI is InChI=1S/C14H18ClN3O/c1-11-4-5-12(15)13(10-11)18-8-7-17-14(18)16-6-3-9-19-2/h4-5,7-8,10H,3,6,9H2,1-2H3,(H,16,17). The third kappa shape index (κ3) is 3.49. The van der Waals surface area contributed by atoms with Gasteiger partial charge < -0.3 is 10.1 Å². The summed E-state index contributed by atoms with van der Waals surface area (Å²) in [6.45, 7) is 3.59. The van der Waals surface area contributed by atoms with Gasteiger partial charge in [-0.15, -0.1) is 0 Å². The molecule has 0 aliphatic carbocycles. The normalized spacial score (nSPS) is 10.7. The number of nitrogens with one attached hydrogen (secondary N) is 1. The zero-order chi connectivity index (χ0) is 13.7. The lowest BCUT2D eigenvalue weighted by atomic mass is 10.2. The van der Waals surface area contributed by atoms with Crippen LogP contribution >= 0.6 is 11.6 Å². The van der Waals surface area contributed by atoms with Gasteiger partial charge in [0.1, 0.15) is 0 Å². The predicted molar refractivity (Wildman–Crippen MR) is 78.3 cm³/mol. The number of imidazole rings is 1. The lowest BCUT2D eigenvalue weighted by Gasteiger charge is -2.11. The molecule has 0 saturated carbocycles. The number of aryl methyl sites for hydroxylation is 1. The number of halogens is 1. The topological polar surface area (TPSA) is 39.1 Å².